The third-order valence-electron chi connectivity index (χ3n) is 5.64. The summed E-state index contributed by atoms with van der Waals surface area (Å²) in [5.74, 6) is 0.798. The van der Waals surface area contributed by atoms with Crippen LogP contribution in [0.3, 0.4) is 0 Å². The number of H-pyrrole nitrogens is 1. The van der Waals surface area contributed by atoms with Crippen LogP contribution in [0.15, 0.2) is 40.8 Å². The van der Waals surface area contributed by atoms with E-state index in [1.54, 1.807) is 17.0 Å². The summed E-state index contributed by atoms with van der Waals surface area (Å²) in [6.45, 7) is 3.58. The van der Waals surface area contributed by atoms with Crippen LogP contribution in [-0.4, -0.2) is 82.8 Å². The van der Waals surface area contributed by atoms with E-state index in [9.17, 15) is 9.59 Å². The molecule has 1 aliphatic heterocycles. The average molecular weight is 506 g/mol. The standard InChI is InChI=1S/C23H25Cl2N5O4/c24-17-3-1-15(13-18(17)25)21-4-2-16(34-21)5-6-26-22(32)19-14-20(28-27-19)23(33)30-9-7-29(8-10-30)11-12-31/h1-4,13-14,31H,5-12H2,(H,26,32)(H,27,28). The zero-order valence-electron chi connectivity index (χ0n) is 18.4. The number of piperazine rings is 1. The Balaban J connectivity index is 1.26. The number of benzene rings is 1. The minimum absolute atomic E-state index is 0.102. The Morgan fingerprint density at radius 3 is 2.62 bits per heavy atom. The minimum atomic E-state index is -0.376. The van der Waals surface area contributed by atoms with Crippen molar-refractivity contribution in [1.82, 2.24) is 25.3 Å². The van der Waals surface area contributed by atoms with Crippen LogP contribution >= 0.6 is 23.2 Å². The van der Waals surface area contributed by atoms with Crippen molar-refractivity contribution in [2.45, 2.75) is 6.42 Å². The van der Waals surface area contributed by atoms with E-state index in [4.69, 9.17) is 32.7 Å². The molecular formula is C23H25Cl2N5O4. The van der Waals surface area contributed by atoms with Crippen LogP contribution in [0.1, 0.15) is 26.7 Å². The quantitative estimate of drug-likeness (QED) is 0.433. The van der Waals surface area contributed by atoms with Gasteiger partial charge in [-0.05, 0) is 30.3 Å². The molecule has 2 aromatic heterocycles. The molecule has 0 aliphatic carbocycles. The van der Waals surface area contributed by atoms with E-state index in [0.717, 1.165) is 5.56 Å². The Morgan fingerprint density at radius 2 is 1.88 bits per heavy atom. The summed E-state index contributed by atoms with van der Waals surface area (Å²) in [6.07, 6.45) is 0.487. The fraction of sp³-hybridized carbons (Fsp3) is 0.348. The molecule has 0 unspecified atom stereocenters. The first-order valence-corrected chi connectivity index (χ1v) is 11.7. The maximum Gasteiger partial charge on any atom is 0.271 e. The van der Waals surface area contributed by atoms with E-state index in [2.05, 4.69) is 20.4 Å². The van der Waals surface area contributed by atoms with E-state index < -0.39 is 0 Å². The molecule has 9 nitrogen and oxygen atoms in total. The fourth-order valence-corrected chi connectivity index (χ4v) is 4.04. The van der Waals surface area contributed by atoms with Gasteiger partial charge in [0.15, 0.2) is 5.69 Å². The zero-order chi connectivity index (χ0) is 24.1. The summed E-state index contributed by atoms with van der Waals surface area (Å²) in [5.41, 5.74) is 1.24. The summed E-state index contributed by atoms with van der Waals surface area (Å²) in [6, 6.07) is 10.4. The number of aromatic amines is 1. The molecule has 0 radical (unpaired) electrons. The largest absolute Gasteiger partial charge is 0.461 e. The summed E-state index contributed by atoms with van der Waals surface area (Å²) in [4.78, 5) is 28.9. The van der Waals surface area contributed by atoms with Crippen LogP contribution < -0.4 is 5.32 Å². The van der Waals surface area contributed by atoms with Gasteiger partial charge in [-0.1, -0.05) is 23.2 Å². The molecule has 180 valence electrons. The number of aliphatic hydroxyl groups excluding tert-OH is 1. The van der Waals surface area contributed by atoms with E-state index in [-0.39, 0.29) is 29.8 Å². The highest BCUT2D eigenvalue weighted by Gasteiger charge is 2.24. The second-order valence-corrected chi connectivity index (χ2v) is 8.74. The van der Waals surface area contributed by atoms with Crippen LogP contribution in [0.2, 0.25) is 10.0 Å². The van der Waals surface area contributed by atoms with Crippen molar-refractivity contribution in [3.63, 3.8) is 0 Å². The van der Waals surface area contributed by atoms with E-state index in [0.29, 0.717) is 67.3 Å². The topological polar surface area (TPSA) is 115 Å². The van der Waals surface area contributed by atoms with E-state index >= 15 is 0 Å². The number of furan rings is 1. The van der Waals surface area contributed by atoms with Gasteiger partial charge < -0.3 is 19.7 Å². The van der Waals surface area contributed by atoms with Crippen molar-refractivity contribution in [2.75, 3.05) is 45.9 Å². The monoisotopic (exact) mass is 505 g/mol. The molecule has 3 N–H and O–H groups in total. The lowest BCUT2D eigenvalue weighted by molar-refractivity contribution is 0.0609. The van der Waals surface area contributed by atoms with Crippen LogP contribution in [0.4, 0.5) is 0 Å². The molecule has 34 heavy (non-hydrogen) atoms. The highest BCUT2D eigenvalue weighted by atomic mass is 35.5. The van der Waals surface area contributed by atoms with Gasteiger partial charge in [-0.15, -0.1) is 0 Å². The third kappa shape index (κ3) is 5.79. The number of halogens is 2. The first kappa shape index (κ1) is 24.3. The maximum absolute atomic E-state index is 12.7. The first-order chi connectivity index (χ1) is 16.4. The van der Waals surface area contributed by atoms with E-state index in [1.165, 1.54) is 6.07 Å². The molecule has 3 heterocycles. The smallest absolute Gasteiger partial charge is 0.271 e. The predicted molar refractivity (Wildman–Crippen MR) is 128 cm³/mol. The van der Waals surface area contributed by atoms with Gasteiger partial charge in [-0.25, -0.2) is 0 Å². The molecule has 0 atom stereocenters. The molecule has 11 heteroatoms. The van der Waals surface area contributed by atoms with Crippen molar-refractivity contribution < 1.29 is 19.1 Å². The van der Waals surface area contributed by atoms with Gasteiger partial charge >= 0.3 is 0 Å². The van der Waals surface area contributed by atoms with Gasteiger partial charge in [0.2, 0.25) is 0 Å². The van der Waals surface area contributed by atoms with Crippen LogP contribution in [-0.2, 0) is 6.42 Å². The summed E-state index contributed by atoms with van der Waals surface area (Å²) >= 11 is 12.0. The van der Waals surface area contributed by atoms with Crippen molar-refractivity contribution in [3.05, 3.63) is 63.6 Å². The normalized spacial score (nSPS) is 14.4. The van der Waals surface area contributed by atoms with Crippen molar-refractivity contribution in [1.29, 1.82) is 0 Å². The Labute approximate surface area is 206 Å². The number of β-amino-alcohol motifs (C(OH)–C–C–N with tert-alkyl or cyclic N) is 1. The zero-order valence-corrected chi connectivity index (χ0v) is 19.9. The number of amides is 2. The second kappa shape index (κ2) is 11.1. The Hall–Kier alpha value is -2.85. The number of aliphatic hydroxyl groups is 1. The minimum Gasteiger partial charge on any atom is -0.461 e. The number of hydrogen-bond donors (Lipinski definition) is 3. The second-order valence-electron chi connectivity index (χ2n) is 7.93. The van der Waals surface area contributed by atoms with Crippen LogP contribution in [0.25, 0.3) is 11.3 Å². The number of carbonyl (C=O) groups is 2. The summed E-state index contributed by atoms with van der Waals surface area (Å²) < 4.78 is 5.84. The number of carbonyl (C=O) groups excluding carboxylic acids is 2. The third-order valence-corrected chi connectivity index (χ3v) is 6.38. The molecule has 1 saturated heterocycles. The number of nitrogens with one attached hydrogen (secondary N) is 2. The van der Waals surface area contributed by atoms with Crippen molar-refractivity contribution >= 4 is 35.0 Å². The highest BCUT2D eigenvalue weighted by molar-refractivity contribution is 6.42. The van der Waals surface area contributed by atoms with Crippen LogP contribution in [0, 0.1) is 0 Å². The lowest BCUT2D eigenvalue weighted by Gasteiger charge is -2.34. The Kier molecular flexibility index (Phi) is 7.89. The van der Waals surface area contributed by atoms with Crippen LogP contribution in [0.5, 0.6) is 0 Å². The molecule has 1 aromatic carbocycles. The average Bonchev–Trinajstić information content (AvgIpc) is 3.51. The Morgan fingerprint density at radius 1 is 1.09 bits per heavy atom. The van der Waals surface area contributed by atoms with Crippen molar-refractivity contribution in [2.24, 2.45) is 0 Å². The molecule has 2 amide bonds. The molecule has 4 rings (SSSR count). The van der Waals surface area contributed by atoms with Gasteiger partial charge in [-0.2, -0.15) is 5.10 Å². The number of aromatic nitrogens is 2. The first-order valence-electron chi connectivity index (χ1n) is 10.9. The predicted octanol–water partition coefficient (Wildman–Crippen LogP) is 2.70. The number of rotatable bonds is 8. The molecule has 0 spiro atoms. The number of hydrogen-bond acceptors (Lipinski definition) is 6. The molecule has 1 aliphatic rings. The van der Waals surface area contributed by atoms with Gasteiger partial charge in [-0.3, -0.25) is 19.6 Å². The molecular weight excluding hydrogens is 481 g/mol. The fourth-order valence-electron chi connectivity index (χ4n) is 3.74. The van der Waals surface area contributed by atoms with E-state index in [1.807, 2.05) is 18.2 Å². The Bertz CT molecular complexity index is 1150. The maximum atomic E-state index is 12.7. The summed E-state index contributed by atoms with van der Waals surface area (Å²) in [5, 5.41) is 19.4. The van der Waals surface area contributed by atoms with Gasteiger partial charge in [0.05, 0.1) is 16.7 Å². The summed E-state index contributed by atoms with van der Waals surface area (Å²) in [7, 11) is 0. The van der Waals surface area contributed by atoms with Crippen molar-refractivity contribution in [3.8, 4) is 11.3 Å². The van der Waals surface area contributed by atoms with Gasteiger partial charge in [0.1, 0.15) is 17.2 Å². The van der Waals surface area contributed by atoms with Gasteiger partial charge in [0.25, 0.3) is 11.8 Å². The molecule has 0 bridgehead atoms. The number of nitrogens with zero attached hydrogens (tertiary/aromatic N) is 3. The lowest BCUT2D eigenvalue weighted by atomic mass is 10.2. The molecule has 1 fully saturated rings. The van der Waals surface area contributed by atoms with Gasteiger partial charge in [0, 0.05) is 57.3 Å². The SMILES string of the molecule is O=C(NCCc1ccc(-c2ccc(Cl)c(Cl)c2)o1)c1cc(C(=O)N2CCN(CCO)CC2)[nH]n1. The molecule has 0 saturated carbocycles. The molecule has 3 aromatic rings. The highest BCUT2D eigenvalue weighted by Crippen LogP contribution is 2.29. The lowest BCUT2D eigenvalue weighted by Crippen LogP contribution is -2.49.